The van der Waals surface area contributed by atoms with Crippen LogP contribution >= 0.6 is 0 Å². The van der Waals surface area contributed by atoms with Crippen LogP contribution in [0.15, 0.2) is 72.9 Å². The summed E-state index contributed by atoms with van der Waals surface area (Å²) >= 11 is 0. The number of benzene rings is 2. The van der Waals surface area contributed by atoms with Gasteiger partial charge in [0.1, 0.15) is 5.65 Å². The molecule has 2 aromatic carbocycles. The minimum Gasteiger partial charge on any atom is -0.462 e. The SMILES string of the molecule is CCOC(=O)c1ccc(NC(=O)/C=C/c2c(-c3ccc(C)cc3)nc3cc(C)ccn23)cc1. The molecule has 6 heteroatoms. The van der Waals surface area contributed by atoms with Crippen molar-refractivity contribution in [3.05, 3.63) is 95.3 Å². The van der Waals surface area contributed by atoms with Crippen molar-refractivity contribution in [1.29, 1.82) is 0 Å². The zero-order chi connectivity index (χ0) is 23.4. The van der Waals surface area contributed by atoms with Crippen molar-refractivity contribution in [2.45, 2.75) is 20.8 Å². The summed E-state index contributed by atoms with van der Waals surface area (Å²) in [5.74, 6) is -0.669. The first-order valence-electron chi connectivity index (χ1n) is 10.8. The van der Waals surface area contributed by atoms with Crippen LogP contribution in [0.25, 0.3) is 23.0 Å². The summed E-state index contributed by atoms with van der Waals surface area (Å²) in [7, 11) is 0. The van der Waals surface area contributed by atoms with Gasteiger partial charge in [0.25, 0.3) is 0 Å². The summed E-state index contributed by atoms with van der Waals surface area (Å²) in [4.78, 5) is 29.2. The van der Waals surface area contributed by atoms with Gasteiger partial charge < -0.3 is 10.1 Å². The number of hydrogen-bond acceptors (Lipinski definition) is 4. The van der Waals surface area contributed by atoms with E-state index in [1.807, 2.05) is 60.8 Å². The number of nitrogens with one attached hydrogen (secondary N) is 1. The number of esters is 1. The van der Waals surface area contributed by atoms with E-state index in [1.165, 1.54) is 11.6 Å². The number of nitrogens with zero attached hydrogens (tertiary/aromatic N) is 2. The molecule has 0 aliphatic heterocycles. The summed E-state index contributed by atoms with van der Waals surface area (Å²) in [5, 5.41) is 2.82. The van der Waals surface area contributed by atoms with Crippen molar-refractivity contribution in [2.24, 2.45) is 0 Å². The number of fused-ring (bicyclic) bond motifs is 1. The highest BCUT2D eigenvalue weighted by Gasteiger charge is 2.13. The highest BCUT2D eigenvalue weighted by molar-refractivity contribution is 6.02. The van der Waals surface area contributed by atoms with E-state index >= 15 is 0 Å². The number of ether oxygens (including phenoxy) is 1. The average Bonchev–Trinajstić information content (AvgIpc) is 3.16. The lowest BCUT2D eigenvalue weighted by atomic mass is 10.1. The fourth-order valence-electron chi connectivity index (χ4n) is 3.49. The molecule has 1 amide bonds. The maximum atomic E-state index is 12.6. The van der Waals surface area contributed by atoms with Gasteiger partial charge in [0.15, 0.2) is 0 Å². The predicted molar refractivity (Wildman–Crippen MR) is 130 cm³/mol. The fraction of sp³-hybridized carbons (Fsp3) is 0.148. The second-order valence-corrected chi connectivity index (χ2v) is 7.76. The Morgan fingerprint density at radius 3 is 2.42 bits per heavy atom. The minimum atomic E-state index is -0.387. The molecule has 0 spiro atoms. The molecule has 0 radical (unpaired) electrons. The molecule has 166 valence electrons. The van der Waals surface area contributed by atoms with E-state index in [2.05, 4.69) is 5.32 Å². The molecule has 0 atom stereocenters. The molecule has 0 saturated heterocycles. The Hall–Kier alpha value is -4.19. The number of pyridine rings is 1. The molecule has 2 heterocycles. The van der Waals surface area contributed by atoms with Crippen LogP contribution in [0, 0.1) is 13.8 Å². The van der Waals surface area contributed by atoms with Gasteiger partial charge in [-0.2, -0.15) is 0 Å². The summed E-state index contributed by atoms with van der Waals surface area (Å²) < 4.78 is 6.95. The second-order valence-electron chi connectivity index (χ2n) is 7.76. The van der Waals surface area contributed by atoms with Crippen LogP contribution in [0.1, 0.15) is 34.1 Å². The van der Waals surface area contributed by atoms with Gasteiger partial charge >= 0.3 is 5.97 Å². The molecule has 0 fully saturated rings. The third-order valence-electron chi connectivity index (χ3n) is 5.20. The third-order valence-corrected chi connectivity index (χ3v) is 5.20. The minimum absolute atomic E-state index is 0.282. The van der Waals surface area contributed by atoms with E-state index in [1.54, 1.807) is 37.3 Å². The quantitative estimate of drug-likeness (QED) is 0.320. The molecule has 0 bridgehead atoms. The number of hydrogen-bond donors (Lipinski definition) is 1. The van der Waals surface area contributed by atoms with Crippen molar-refractivity contribution in [3.8, 4) is 11.3 Å². The molecule has 0 aliphatic carbocycles. The lowest BCUT2D eigenvalue weighted by molar-refractivity contribution is -0.111. The van der Waals surface area contributed by atoms with Crippen molar-refractivity contribution >= 4 is 29.3 Å². The van der Waals surface area contributed by atoms with Gasteiger partial charge in [-0.05, 0) is 68.8 Å². The van der Waals surface area contributed by atoms with Crippen LogP contribution in [0.5, 0.6) is 0 Å². The zero-order valence-electron chi connectivity index (χ0n) is 18.8. The maximum Gasteiger partial charge on any atom is 0.338 e. The van der Waals surface area contributed by atoms with Crippen LogP contribution in [0.3, 0.4) is 0 Å². The molecule has 33 heavy (non-hydrogen) atoms. The van der Waals surface area contributed by atoms with Gasteiger partial charge in [-0.3, -0.25) is 9.20 Å². The van der Waals surface area contributed by atoms with Gasteiger partial charge in [0.2, 0.25) is 5.91 Å². The Kier molecular flexibility index (Phi) is 6.36. The Morgan fingerprint density at radius 2 is 1.73 bits per heavy atom. The first-order valence-corrected chi connectivity index (χ1v) is 10.8. The molecule has 2 aromatic heterocycles. The van der Waals surface area contributed by atoms with E-state index in [0.29, 0.717) is 17.9 Å². The molecule has 0 unspecified atom stereocenters. The van der Waals surface area contributed by atoms with Crippen molar-refractivity contribution in [1.82, 2.24) is 9.38 Å². The standard InChI is InChI=1S/C27H25N3O3/c1-4-33-27(32)21-9-11-22(12-10-21)28-25(31)14-13-23-26(20-7-5-18(2)6-8-20)29-24-17-19(3)15-16-30(23)24/h5-17H,4H2,1-3H3,(H,28,31)/b14-13+. The number of rotatable bonds is 6. The Morgan fingerprint density at radius 1 is 1.00 bits per heavy atom. The summed E-state index contributed by atoms with van der Waals surface area (Å²) in [5.41, 5.74) is 6.74. The van der Waals surface area contributed by atoms with Crippen molar-refractivity contribution in [3.63, 3.8) is 0 Å². The normalized spacial score (nSPS) is 11.1. The molecule has 4 aromatic rings. The van der Waals surface area contributed by atoms with E-state index < -0.39 is 0 Å². The van der Waals surface area contributed by atoms with E-state index in [-0.39, 0.29) is 11.9 Å². The van der Waals surface area contributed by atoms with E-state index in [0.717, 1.165) is 28.2 Å². The van der Waals surface area contributed by atoms with Gasteiger partial charge in [-0.1, -0.05) is 29.8 Å². The molecule has 0 saturated carbocycles. The topological polar surface area (TPSA) is 72.7 Å². The van der Waals surface area contributed by atoms with Crippen LogP contribution in [-0.4, -0.2) is 27.9 Å². The average molecular weight is 440 g/mol. The van der Waals surface area contributed by atoms with Crippen LogP contribution in [0.2, 0.25) is 0 Å². The zero-order valence-corrected chi connectivity index (χ0v) is 18.8. The van der Waals surface area contributed by atoms with Crippen LogP contribution < -0.4 is 5.32 Å². The number of amides is 1. The smallest absolute Gasteiger partial charge is 0.338 e. The largest absolute Gasteiger partial charge is 0.462 e. The van der Waals surface area contributed by atoms with Crippen molar-refractivity contribution < 1.29 is 14.3 Å². The second kappa shape index (κ2) is 9.53. The monoisotopic (exact) mass is 439 g/mol. The lowest BCUT2D eigenvalue weighted by Crippen LogP contribution is -2.09. The number of carbonyl (C=O) groups excluding carboxylic acids is 2. The fourth-order valence-corrected chi connectivity index (χ4v) is 3.49. The first kappa shape index (κ1) is 22.0. The molecule has 4 rings (SSSR count). The van der Waals surface area contributed by atoms with Gasteiger partial charge in [0, 0.05) is 23.5 Å². The Labute approximate surface area is 192 Å². The van der Waals surface area contributed by atoms with Gasteiger partial charge in [-0.25, -0.2) is 9.78 Å². The van der Waals surface area contributed by atoms with Gasteiger partial charge in [-0.15, -0.1) is 0 Å². The van der Waals surface area contributed by atoms with E-state index in [9.17, 15) is 9.59 Å². The summed E-state index contributed by atoms with van der Waals surface area (Å²) in [6.45, 7) is 6.14. The highest BCUT2D eigenvalue weighted by atomic mass is 16.5. The van der Waals surface area contributed by atoms with Crippen LogP contribution in [0.4, 0.5) is 5.69 Å². The van der Waals surface area contributed by atoms with Crippen molar-refractivity contribution in [2.75, 3.05) is 11.9 Å². The summed E-state index contributed by atoms with van der Waals surface area (Å²) in [6, 6.07) is 18.8. The maximum absolute atomic E-state index is 12.6. The number of aromatic nitrogens is 2. The van der Waals surface area contributed by atoms with Gasteiger partial charge in [0.05, 0.1) is 23.6 Å². The predicted octanol–water partition coefficient (Wildman–Crippen LogP) is 5.45. The summed E-state index contributed by atoms with van der Waals surface area (Å²) in [6.07, 6.45) is 5.22. The number of aryl methyl sites for hydroxylation is 2. The molecule has 0 aliphatic rings. The highest BCUT2D eigenvalue weighted by Crippen LogP contribution is 2.26. The Balaban J connectivity index is 1.59. The molecular weight excluding hydrogens is 414 g/mol. The number of anilines is 1. The molecule has 1 N–H and O–H groups in total. The van der Waals surface area contributed by atoms with E-state index in [4.69, 9.17) is 9.72 Å². The molecular formula is C27H25N3O3. The first-order chi connectivity index (χ1) is 15.9. The third kappa shape index (κ3) is 5.01. The van der Waals surface area contributed by atoms with Crippen LogP contribution in [-0.2, 0) is 9.53 Å². The number of imidazole rings is 1. The lowest BCUT2D eigenvalue weighted by Gasteiger charge is -2.05. The molecule has 6 nitrogen and oxygen atoms in total. The number of carbonyl (C=O) groups is 2. The Bertz CT molecular complexity index is 1330.